The number of benzene rings is 3. The summed E-state index contributed by atoms with van der Waals surface area (Å²) in [6, 6.07) is 21.4. The van der Waals surface area contributed by atoms with Gasteiger partial charge in [-0.15, -0.1) is 0 Å². The van der Waals surface area contributed by atoms with Gasteiger partial charge in [0.1, 0.15) is 24.7 Å². The Morgan fingerprint density at radius 3 is 2.00 bits per heavy atom. The Kier molecular flexibility index (Phi) is 9.70. The third-order valence-corrected chi connectivity index (χ3v) is 5.11. The zero-order valence-corrected chi connectivity index (χ0v) is 20.1. The largest absolute Gasteiger partial charge is 0.490 e. The number of hydrogen-bond donors (Lipinski definition) is 1. The highest BCUT2D eigenvalue weighted by Gasteiger charge is 2.07. The SMILES string of the molecule is C=CC(=O)Oc1ccc(/C=C/C(=O)c2ccc(-c3ccc(OCCOC(=O)C(=C)CO)cc3)cc2)cc1. The molecule has 0 aliphatic rings. The van der Waals surface area contributed by atoms with Crippen molar-refractivity contribution in [2.24, 2.45) is 0 Å². The summed E-state index contributed by atoms with van der Waals surface area (Å²) in [5.41, 5.74) is 3.22. The maximum absolute atomic E-state index is 12.6. The molecule has 0 radical (unpaired) electrons. The smallest absolute Gasteiger partial charge is 0.335 e. The van der Waals surface area contributed by atoms with E-state index in [9.17, 15) is 14.4 Å². The van der Waals surface area contributed by atoms with Gasteiger partial charge in [0, 0.05) is 11.6 Å². The van der Waals surface area contributed by atoms with Gasteiger partial charge in [0.05, 0.1) is 12.2 Å². The molecule has 0 spiro atoms. The molecular weight excluding hydrogens is 472 g/mol. The van der Waals surface area contributed by atoms with Crippen LogP contribution in [0.3, 0.4) is 0 Å². The highest BCUT2D eigenvalue weighted by atomic mass is 16.6. The number of hydrogen-bond acceptors (Lipinski definition) is 7. The first-order chi connectivity index (χ1) is 17.9. The molecule has 0 aliphatic heterocycles. The second-order valence-electron chi connectivity index (χ2n) is 7.74. The lowest BCUT2D eigenvalue weighted by molar-refractivity contribution is -0.140. The Balaban J connectivity index is 1.52. The van der Waals surface area contributed by atoms with E-state index < -0.39 is 18.5 Å². The molecule has 3 rings (SSSR count). The van der Waals surface area contributed by atoms with Crippen molar-refractivity contribution in [1.82, 2.24) is 0 Å². The molecule has 7 nitrogen and oxygen atoms in total. The van der Waals surface area contributed by atoms with E-state index in [1.807, 2.05) is 24.3 Å². The Labute approximate surface area is 214 Å². The fraction of sp³-hybridized carbons (Fsp3) is 0.100. The molecule has 188 valence electrons. The lowest BCUT2D eigenvalue weighted by atomic mass is 10.0. The summed E-state index contributed by atoms with van der Waals surface area (Å²) in [7, 11) is 0. The van der Waals surface area contributed by atoms with Crippen LogP contribution in [0.2, 0.25) is 0 Å². The predicted molar refractivity (Wildman–Crippen MR) is 140 cm³/mol. The number of carbonyl (C=O) groups excluding carboxylic acids is 3. The summed E-state index contributed by atoms with van der Waals surface area (Å²) in [6.07, 6.45) is 4.27. The van der Waals surface area contributed by atoms with E-state index in [2.05, 4.69) is 13.2 Å². The first-order valence-corrected chi connectivity index (χ1v) is 11.4. The summed E-state index contributed by atoms with van der Waals surface area (Å²) in [5.74, 6) is -0.310. The summed E-state index contributed by atoms with van der Waals surface area (Å²) in [5, 5.41) is 8.84. The number of rotatable bonds is 12. The summed E-state index contributed by atoms with van der Waals surface area (Å²) >= 11 is 0. The van der Waals surface area contributed by atoms with Crippen LogP contribution in [0.5, 0.6) is 11.5 Å². The molecule has 37 heavy (non-hydrogen) atoms. The molecule has 0 unspecified atom stereocenters. The number of carbonyl (C=O) groups is 3. The second kappa shape index (κ2) is 13.4. The van der Waals surface area contributed by atoms with Gasteiger partial charge in [-0.3, -0.25) is 4.79 Å². The van der Waals surface area contributed by atoms with E-state index in [1.165, 1.54) is 6.08 Å². The van der Waals surface area contributed by atoms with Gasteiger partial charge < -0.3 is 19.3 Å². The molecule has 7 heteroatoms. The number of allylic oxidation sites excluding steroid dienone is 1. The minimum absolute atomic E-state index is 0.00640. The summed E-state index contributed by atoms with van der Waals surface area (Å²) < 4.78 is 15.5. The van der Waals surface area contributed by atoms with Crippen LogP contribution >= 0.6 is 0 Å². The average molecular weight is 499 g/mol. The van der Waals surface area contributed by atoms with Crippen LogP contribution < -0.4 is 9.47 Å². The van der Waals surface area contributed by atoms with Gasteiger partial charge >= 0.3 is 11.9 Å². The Hall–Kier alpha value is -4.75. The van der Waals surface area contributed by atoms with Gasteiger partial charge in [0.2, 0.25) is 0 Å². The zero-order chi connectivity index (χ0) is 26.6. The molecule has 0 heterocycles. The monoisotopic (exact) mass is 498 g/mol. The van der Waals surface area contributed by atoms with E-state index in [4.69, 9.17) is 19.3 Å². The van der Waals surface area contributed by atoms with Gasteiger partial charge in [-0.2, -0.15) is 0 Å². The standard InChI is InChI=1S/C30H26O7/c1-3-29(33)37-27-13-4-22(5-14-27)6-17-28(32)25-9-7-23(8-10-25)24-11-15-26(16-12-24)35-18-19-36-30(34)21(2)20-31/h3-17,31H,1-2,18-20H2/b17-6+. The molecule has 1 N–H and O–H groups in total. The molecule has 0 saturated heterocycles. The van der Waals surface area contributed by atoms with E-state index >= 15 is 0 Å². The molecule has 0 aliphatic carbocycles. The highest BCUT2D eigenvalue weighted by Crippen LogP contribution is 2.23. The second-order valence-corrected chi connectivity index (χ2v) is 7.74. The molecule has 3 aromatic carbocycles. The number of ketones is 1. The number of ether oxygens (including phenoxy) is 3. The lowest BCUT2D eigenvalue weighted by Crippen LogP contribution is -2.14. The quantitative estimate of drug-likeness (QED) is 0.126. The van der Waals surface area contributed by atoms with Gasteiger partial charge in [-0.05, 0) is 47.0 Å². The van der Waals surface area contributed by atoms with E-state index in [1.54, 1.807) is 54.6 Å². The van der Waals surface area contributed by atoms with Crippen LogP contribution in [-0.4, -0.2) is 42.6 Å². The third-order valence-electron chi connectivity index (χ3n) is 5.11. The van der Waals surface area contributed by atoms with Crippen LogP contribution in [0.15, 0.2) is 104 Å². The Morgan fingerprint density at radius 1 is 0.811 bits per heavy atom. The van der Waals surface area contributed by atoms with E-state index in [0.29, 0.717) is 17.1 Å². The van der Waals surface area contributed by atoms with Crippen molar-refractivity contribution < 1.29 is 33.7 Å². The third kappa shape index (κ3) is 8.16. The predicted octanol–water partition coefficient (Wildman–Crippen LogP) is 4.81. The lowest BCUT2D eigenvalue weighted by Gasteiger charge is -2.09. The molecule has 0 saturated carbocycles. The number of aliphatic hydroxyl groups is 1. The first-order valence-electron chi connectivity index (χ1n) is 11.4. The molecule has 0 bridgehead atoms. The van der Waals surface area contributed by atoms with Gasteiger partial charge in [0.15, 0.2) is 5.78 Å². The molecule has 0 atom stereocenters. The Morgan fingerprint density at radius 2 is 1.41 bits per heavy atom. The van der Waals surface area contributed by atoms with E-state index in [0.717, 1.165) is 22.8 Å². The number of esters is 2. The topological polar surface area (TPSA) is 99.1 Å². The van der Waals surface area contributed by atoms with E-state index in [-0.39, 0.29) is 24.6 Å². The maximum atomic E-state index is 12.6. The summed E-state index contributed by atoms with van der Waals surface area (Å²) in [4.78, 5) is 35.2. The fourth-order valence-corrected chi connectivity index (χ4v) is 3.10. The minimum Gasteiger partial charge on any atom is -0.490 e. The molecule has 3 aromatic rings. The van der Waals surface area contributed by atoms with Crippen molar-refractivity contribution in [3.8, 4) is 22.6 Å². The minimum atomic E-state index is -0.652. The first kappa shape index (κ1) is 26.8. The van der Waals surface area contributed by atoms with Crippen LogP contribution in [0.4, 0.5) is 0 Å². The molecular formula is C30H26O7. The van der Waals surface area contributed by atoms with Crippen molar-refractivity contribution in [2.45, 2.75) is 0 Å². The van der Waals surface area contributed by atoms with Crippen LogP contribution in [0.1, 0.15) is 15.9 Å². The maximum Gasteiger partial charge on any atom is 0.335 e. The van der Waals surface area contributed by atoms with Gasteiger partial charge in [-0.25, -0.2) is 9.59 Å². The molecule has 0 fully saturated rings. The summed E-state index contributed by atoms with van der Waals surface area (Å²) in [6.45, 7) is 6.51. The van der Waals surface area contributed by atoms with Gasteiger partial charge in [0.25, 0.3) is 0 Å². The highest BCUT2D eigenvalue weighted by molar-refractivity contribution is 6.07. The van der Waals surface area contributed by atoms with Crippen molar-refractivity contribution in [3.05, 3.63) is 115 Å². The molecule has 0 amide bonds. The normalized spacial score (nSPS) is 10.5. The van der Waals surface area contributed by atoms with Crippen LogP contribution in [-0.2, 0) is 14.3 Å². The zero-order valence-electron chi connectivity index (χ0n) is 20.1. The van der Waals surface area contributed by atoms with Gasteiger partial charge in [-0.1, -0.05) is 67.8 Å². The Bertz CT molecular complexity index is 1290. The van der Waals surface area contributed by atoms with Crippen molar-refractivity contribution in [2.75, 3.05) is 19.8 Å². The molecule has 0 aromatic heterocycles. The van der Waals surface area contributed by atoms with Crippen LogP contribution in [0, 0.1) is 0 Å². The fourth-order valence-electron chi connectivity index (χ4n) is 3.10. The van der Waals surface area contributed by atoms with Crippen molar-refractivity contribution >= 4 is 23.8 Å². The number of aliphatic hydroxyl groups excluding tert-OH is 1. The van der Waals surface area contributed by atoms with Crippen molar-refractivity contribution in [3.63, 3.8) is 0 Å². The van der Waals surface area contributed by atoms with Crippen LogP contribution in [0.25, 0.3) is 17.2 Å². The van der Waals surface area contributed by atoms with Crippen molar-refractivity contribution in [1.29, 1.82) is 0 Å². The average Bonchev–Trinajstić information content (AvgIpc) is 2.94.